The summed E-state index contributed by atoms with van der Waals surface area (Å²) in [5.41, 5.74) is 1.04. The molecule has 1 heterocycles. The molecule has 0 saturated carbocycles. The highest BCUT2D eigenvalue weighted by molar-refractivity contribution is 5.42. The van der Waals surface area contributed by atoms with Gasteiger partial charge in [0.15, 0.2) is 24.6 Å². The van der Waals surface area contributed by atoms with Gasteiger partial charge in [-0.15, -0.1) is 6.58 Å². The lowest BCUT2D eigenvalue weighted by atomic mass is 10.1. The van der Waals surface area contributed by atoms with Crippen LogP contribution in [0, 0.1) is 0 Å². The third-order valence-corrected chi connectivity index (χ3v) is 3.01. The smallest absolute Gasteiger partial charge is 0.192 e. The largest absolute Gasteiger partial charge is 0.504 e. The molecule has 0 aliphatic carbocycles. The van der Waals surface area contributed by atoms with Gasteiger partial charge in [-0.1, -0.05) is 12.1 Å². The first kappa shape index (κ1) is 13.9. The molecule has 1 N–H and O–H groups in total. The maximum atomic E-state index is 9.70. The molecule has 1 fully saturated rings. The van der Waals surface area contributed by atoms with Crippen LogP contribution in [0.3, 0.4) is 0 Å². The summed E-state index contributed by atoms with van der Waals surface area (Å²) in [4.78, 5) is 0. The summed E-state index contributed by atoms with van der Waals surface area (Å²) in [6.45, 7) is 4.51. The molecular weight excluding hydrogens is 244 g/mol. The fraction of sp³-hybridized carbons (Fsp3) is 0.467. The number of benzene rings is 1. The van der Waals surface area contributed by atoms with Crippen molar-refractivity contribution in [2.24, 2.45) is 0 Å². The van der Waals surface area contributed by atoms with Crippen molar-refractivity contribution in [3.8, 4) is 11.5 Å². The van der Waals surface area contributed by atoms with Crippen LogP contribution in [-0.2, 0) is 15.9 Å². The normalized spacial score (nSPS) is 19.1. The molecule has 0 spiro atoms. The summed E-state index contributed by atoms with van der Waals surface area (Å²) >= 11 is 0. The van der Waals surface area contributed by atoms with E-state index in [9.17, 15) is 5.11 Å². The van der Waals surface area contributed by atoms with Crippen LogP contribution in [0.15, 0.2) is 30.9 Å². The minimum Gasteiger partial charge on any atom is -0.504 e. The number of allylic oxidation sites excluding steroid dienone is 1. The van der Waals surface area contributed by atoms with Gasteiger partial charge in [0.05, 0.1) is 0 Å². The van der Waals surface area contributed by atoms with E-state index in [1.807, 2.05) is 12.1 Å². The lowest BCUT2D eigenvalue weighted by molar-refractivity contribution is -0.191. The number of hydrogen-bond donors (Lipinski definition) is 1. The summed E-state index contributed by atoms with van der Waals surface area (Å²) in [5.74, 6) is 0.538. The quantitative estimate of drug-likeness (QED) is 0.634. The molecular formula is C15H20O4. The van der Waals surface area contributed by atoms with Crippen molar-refractivity contribution in [3.05, 3.63) is 36.4 Å². The zero-order valence-corrected chi connectivity index (χ0v) is 11.0. The standard InChI is InChI=1S/C15H20O4/c1-2-5-12-7-8-13(16)14(10-12)18-11-19-15-6-3-4-9-17-15/h2,7-8,10,15-16H,1,3-6,9,11H2. The Morgan fingerprint density at radius 3 is 3.05 bits per heavy atom. The fourth-order valence-electron chi connectivity index (χ4n) is 1.98. The van der Waals surface area contributed by atoms with Crippen molar-refractivity contribution < 1.29 is 19.3 Å². The van der Waals surface area contributed by atoms with E-state index < -0.39 is 0 Å². The molecule has 1 aliphatic heterocycles. The van der Waals surface area contributed by atoms with Crippen LogP contribution < -0.4 is 4.74 Å². The van der Waals surface area contributed by atoms with Gasteiger partial charge >= 0.3 is 0 Å². The average Bonchev–Trinajstić information content (AvgIpc) is 2.44. The summed E-state index contributed by atoms with van der Waals surface area (Å²) in [6.07, 6.45) is 5.46. The third kappa shape index (κ3) is 4.26. The second kappa shape index (κ2) is 7.16. The van der Waals surface area contributed by atoms with E-state index in [1.54, 1.807) is 12.1 Å². The van der Waals surface area contributed by atoms with E-state index >= 15 is 0 Å². The lowest BCUT2D eigenvalue weighted by Gasteiger charge is -2.22. The minimum absolute atomic E-state index is 0.0791. The number of phenolic OH excluding ortho intramolecular Hbond substituents is 1. The molecule has 0 bridgehead atoms. The van der Waals surface area contributed by atoms with E-state index in [0.29, 0.717) is 5.75 Å². The van der Waals surface area contributed by atoms with Crippen LogP contribution in [0.2, 0.25) is 0 Å². The van der Waals surface area contributed by atoms with Crippen molar-refractivity contribution in [1.82, 2.24) is 0 Å². The highest BCUT2D eigenvalue weighted by Crippen LogP contribution is 2.27. The molecule has 2 rings (SSSR count). The van der Waals surface area contributed by atoms with E-state index in [0.717, 1.165) is 37.9 Å². The van der Waals surface area contributed by atoms with Crippen LogP contribution in [0.4, 0.5) is 0 Å². The van der Waals surface area contributed by atoms with Gasteiger partial charge in [0.1, 0.15) is 0 Å². The Morgan fingerprint density at radius 1 is 1.42 bits per heavy atom. The molecule has 0 amide bonds. The molecule has 1 aromatic carbocycles. The maximum Gasteiger partial charge on any atom is 0.192 e. The van der Waals surface area contributed by atoms with Gasteiger partial charge in [-0.05, 0) is 43.4 Å². The molecule has 1 aliphatic rings. The third-order valence-electron chi connectivity index (χ3n) is 3.01. The van der Waals surface area contributed by atoms with Gasteiger partial charge in [0, 0.05) is 6.61 Å². The molecule has 19 heavy (non-hydrogen) atoms. The first-order valence-corrected chi connectivity index (χ1v) is 6.58. The van der Waals surface area contributed by atoms with Crippen LogP contribution in [0.1, 0.15) is 24.8 Å². The van der Waals surface area contributed by atoms with E-state index in [4.69, 9.17) is 14.2 Å². The Morgan fingerprint density at radius 2 is 2.32 bits per heavy atom. The Labute approximate surface area is 113 Å². The van der Waals surface area contributed by atoms with Crippen molar-refractivity contribution in [2.75, 3.05) is 13.4 Å². The zero-order chi connectivity index (χ0) is 13.5. The first-order valence-electron chi connectivity index (χ1n) is 6.58. The highest BCUT2D eigenvalue weighted by Gasteiger charge is 2.14. The Bertz CT molecular complexity index is 411. The van der Waals surface area contributed by atoms with Crippen molar-refractivity contribution >= 4 is 0 Å². The van der Waals surface area contributed by atoms with Gasteiger partial charge in [-0.25, -0.2) is 0 Å². The lowest BCUT2D eigenvalue weighted by Crippen LogP contribution is -2.24. The molecule has 104 valence electrons. The first-order chi connectivity index (χ1) is 9.29. The number of phenols is 1. The predicted octanol–water partition coefficient (Wildman–Crippen LogP) is 3.00. The summed E-state index contributed by atoms with van der Waals surface area (Å²) in [7, 11) is 0. The molecule has 1 saturated heterocycles. The maximum absolute atomic E-state index is 9.70. The van der Waals surface area contributed by atoms with Crippen molar-refractivity contribution in [2.45, 2.75) is 32.0 Å². The summed E-state index contributed by atoms with van der Waals surface area (Å²) in [5, 5.41) is 9.70. The van der Waals surface area contributed by atoms with Gasteiger partial charge in [-0.3, -0.25) is 0 Å². The molecule has 1 atom stereocenters. The van der Waals surface area contributed by atoms with Gasteiger partial charge in [0.2, 0.25) is 0 Å². The molecule has 4 nitrogen and oxygen atoms in total. The molecule has 0 aromatic heterocycles. The monoisotopic (exact) mass is 264 g/mol. The second-order valence-electron chi connectivity index (χ2n) is 4.52. The van der Waals surface area contributed by atoms with Crippen LogP contribution in [0.5, 0.6) is 11.5 Å². The predicted molar refractivity (Wildman–Crippen MR) is 72.2 cm³/mol. The Balaban J connectivity index is 1.83. The molecule has 0 radical (unpaired) electrons. The second-order valence-corrected chi connectivity index (χ2v) is 4.52. The van der Waals surface area contributed by atoms with E-state index in [1.165, 1.54) is 0 Å². The van der Waals surface area contributed by atoms with Crippen LogP contribution >= 0.6 is 0 Å². The highest BCUT2D eigenvalue weighted by atomic mass is 16.7. The van der Waals surface area contributed by atoms with Crippen LogP contribution in [0.25, 0.3) is 0 Å². The topological polar surface area (TPSA) is 47.9 Å². The van der Waals surface area contributed by atoms with Gasteiger partial charge in [0.25, 0.3) is 0 Å². The summed E-state index contributed by atoms with van der Waals surface area (Å²) in [6, 6.07) is 5.25. The van der Waals surface area contributed by atoms with E-state index in [-0.39, 0.29) is 18.8 Å². The minimum atomic E-state index is -0.188. The summed E-state index contributed by atoms with van der Waals surface area (Å²) < 4.78 is 16.3. The number of aromatic hydroxyl groups is 1. The molecule has 4 heteroatoms. The fourth-order valence-corrected chi connectivity index (χ4v) is 1.98. The SMILES string of the molecule is C=CCc1ccc(O)c(OCOC2CCCCO2)c1. The Hall–Kier alpha value is -1.52. The number of ether oxygens (including phenoxy) is 3. The number of hydrogen-bond acceptors (Lipinski definition) is 4. The van der Waals surface area contributed by atoms with Crippen molar-refractivity contribution in [1.29, 1.82) is 0 Å². The zero-order valence-electron chi connectivity index (χ0n) is 11.0. The molecule has 1 unspecified atom stereocenters. The molecule has 1 aromatic rings. The van der Waals surface area contributed by atoms with Crippen LogP contribution in [-0.4, -0.2) is 24.8 Å². The van der Waals surface area contributed by atoms with Gasteiger partial charge in [-0.2, -0.15) is 0 Å². The van der Waals surface area contributed by atoms with Crippen molar-refractivity contribution in [3.63, 3.8) is 0 Å². The number of rotatable bonds is 6. The van der Waals surface area contributed by atoms with E-state index in [2.05, 4.69) is 6.58 Å². The Kier molecular flexibility index (Phi) is 5.24. The average molecular weight is 264 g/mol. The van der Waals surface area contributed by atoms with Gasteiger partial charge < -0.3 is 19.3 Å².